The Balaban J connectivity index is 1.86. The van der Waals surface area contributed by atoms with Crippen molar-refractivity contribution in [2.45, 2.75) is 25.7 Å². The highest BCUT2D eigenvalue weighted by atomic mass is 32.2. The topological polar surface area (TPSA) is 79.0 Å². The molecule has 6 nitrogen and oxygen atoms in total. The van der Waals surface area contributed by atoms with Gasteiger partial charge in [-0.25, -0.2) is 12.7 Å². The van der Waals surface area contributed by atoms with Gasteiger partial charge >= 0.3 is 0 Å². The molecule has 1 aliphatic heterocycles. The highest BCUT2D eigenvalue weighted by Crippen LogP contribution is 2.28. The summed E-state index contributed by atoms with van der Waals surface area (Å²) in [5.41, 5.74) is 3.56. The van der Waals surface area contributed by atoms with Crippen LogP contribution in [0.15, 0.2) is 24.3 Å². The molecule has 1 N–H and O–H groups in total. The van der Waals surface area contributed by atoms with Crippen LogP contribution in [0, 0.1) is 6.92 Å². The molecule has 0 amide bonds. The summed E-state index contributed by atoms with van der Waals surface area (Å²) < 4.78 is 25.0. The van der Waals surface area contributed by atoms with Crippen molar-refractivity contribution in [3.63, 3.8) is 0 Å². The minimum Gasteiger partial charge on any atom is -0.282 e. The lowest BCUT2D eigenvalue weighted by molar-refractivity contribution is 0.314. The van der Waals surface area contributed by atoms with E-state index >= 15 is 0 Å². The molecule has 0 bridgehead atoms. The van der Waals surface area contributed by atoms with Crippen LogP contribution in [-0.2, 0) is 10.0 Å². The molecule has 118 valence electrons. The van der Waals surface area contributed by atoms with E-state index in [1.807, 2.05) is 31.2 Å². The molecule has 2 aromatic heterocycles. The van der Waals surface area contributed by atoms with Gasteiger partial charge in [0, 0.05) is 30.4 Å². The maximum atomic E-state index is 11.7. The number of aromatic nitrogens is 3. The predicted octanol–water partition coefficient (Wildman–Crippen LogP) is 1.92. The molecule has 0 aromatic carbocycles. The highest BCUT2D eigenvalue weighted by molar-refractivity contribution is 7.88. The number of nitrogens with zero attached hydrogens (tertiary/aromatic N) is 3. The number of H-pyrrole nitrogens is 1. The van der Waals surface area contributed by atoms with E-state index in [2.05, 4.69) is 10.2 Å². The van der Waals surface area contributed by atoms with Crippen LogP contribution in [0.4, 0.5) is 0 Å². The Kier molecular flexibility index (Phi) is 4.01. The van der Waals surface area contributed by atoms with Gasteiger partial charge in [0.05, 0.1) is 11.9 Å². The van der Waals surface area contributed by atoms with Gasteiger partial charge in [-0.05, 0) is 38.0 Å². The van der Waals surface area contributed by atoms with Gasteiger partial charge in [0.1, 0.15) is 5.69 Å². The quantitative estimate of drug-likeness (QED) is 0.937. The van der Waals surface area contributed by atoms with E-state index in [9.17, 15) is 8.42 Å². The lowest BCUT2D eigenvalue weighted by Gasteiger charge is -2.30. The Bertz CT molecular complexity index is 769. The Morgan fingerprint density at radius 2 is 2.14 bits per heavy atom. The summed E-state index contributed by atoms with van der Waals surface area (Å²) in [5.74, 6) is 0.142. The van der Waals surface area contributed by atoms with Crippen molar-refractivity contribution in [2.24, 2.45) is 0 Å². The van der Waals surface area contributed by atoms with Crippen LogP contribution in [0.3, 0.4) is 0 Å². The standard InChI is InChI=1S/C15H20N4O2S/c1-11-9-15(18-17-11)14-7-3-6-13(16-14)12-5-4-8-19(10-12)22(2,20)21/h3,6-7,9,12H,4-5,8,10H2,1-2H3,(H,17,18)/t12-/m0/s1. The zero-order valence-electron chi connectivity index (χ0n) is 12.8. The van der Waals surface area contributed by atoms with Crippen LogP contribution in [0.25, 0.3) is 11.4 Å². The molecule has 22 heavy (non-hydrogen) atoms. The van der Waals surface area contributed by atoms with Gasteiger partial charge in [-0.2, -0.15) is 5.10 Å². The molecular formula is C15H20N4O2S. The number of hydrogen-bond acceptors (Lipinski definition) is 4. The average Bonchev–Trinajstić information content (AvgIpc) is 2.93. The van der Waals surface area contributed by atoms with Crippen molar-refractivity contribution in [1.29, 1.82) is 0 Å². The summed E-state index contributed by atoms with van der Waals surface area (Å²) in [5, 5.41) is 7.15. The molecule has 0 unspecified atom stereocenters. The van der Waals surface area contributed by atoms with E-state index in [1.54, 1.807) is 4.31 Å². The van der Waals surface area contributed by atoms with Crippen LogP contribution in [0.1, 0.15) is 30.1 Å². The molecule has 1 fully saturated rings. The van der Waals surface area contributed by atoms with E-state index in [-0.39, 0.29) is 5.92 Å². The minimum absolute atomic E-state index is 0.142. The molecule has 3 heterocycles. The molecule has 0 radical (unpaired) electrons. The van der Waals surface area contributed by atoms with E-state index in [0.29, 0.717) is 13.1 Å². The average molecular weight is 320 g/mol. The summed E-state index contributed by atoms with van der Waals surface area (Å²) in [6, 6.07) is 7.81. The normalized spacial score (nSPS) is 20.2. The van der Waals surface area contributed by atoms with Crippen LogP contribution < -0.4 is 0 Å². The van der Waals surface area contributed by atoms with Crippen molar-refractivity contribution in [3.8, 4) is 11.4 Å². The van der Waals surface area contributed by atoms with Crippen molar-refractivity contribution >= 4 is 10.0 Å². The zero-order valence-corrected chi connectivity index (χ0v) is 13.6. The van der Waals surface area contributed by atoms with Gasteiger partial charge in [-0.15, -0.1) is 0 Å². The second-order valence-corrected chi connectivity index (χ2v) is 7.83. The Morgan fingerprint density at radius 3 is 2.82 bits per heavy atom. The minimum atomic E-state index is -3.14. The molecule has 1 saturated heterocycles. The monoisotopic (exact) mass is 320 g/mol. The molecule has 3 rings (SSSR count). The second kappa shape index (κ2) is 5.81. The smallest absolute Gasteiger partial charge is 0.211 e. The molecule has 0 spiro atoms. The summed E-state index contributed by atoms with van der Waals surface area (Å²) in [4.78, 5) is 4.69. The first-order chi connectivity index (χ1) is 10.4. The van der Waals surface area contributed by atoms with Crippen molar-refractivity contribution in [3.05, 3.63) is 35.7 Å². The first kappa shape index (κ1) is 15.2. The van der Waals surface area contributed by atoms with E-state index in [4.69, 9.17) is 4.98 Å². The van der Waals surface area contributed by atoms with Gasteiger partial charge in [-0.3, -0.25) is 10.1 Å². The highest BCUT2D eigenvalue weighted by Gasteiger charge is 2.27. The number of aryl methyl sites for hydroxylation is 1. The third kappa shape index (κ3) is 3.20. The number of hydrogen-bond donors (Lipinski definition) is 1. The van der Waals surface area contributed by atoms with Crippen molar-refractivity contribution in [1.82, 2.24) is 19.5 Å². The molecule has 1 aliphatic rings. The van der Waals surface area contributed by atoms with Crippen LogP contribution in [0.2, 0.25) is 0 Å². The zero-order chi connectivity index (χ0) is 15.7. The van der Waals surface area contributed by atoms with E-state index in [0.717, 1.165) is 35.6 Å². The number of rotatable bonds is 3. The first-order valence-corrected chi connectivity index (χ1v) is 9.23. The van der Waals surface area contributed by atoms with Crippen molar-refractivity contribution in [2.75, 3.05) is 19.3 Å². The third-order valence-electron chi connectivity index (χ3n) is 4.01. The molecule has 1 atom stereocenters. The number of pyridine rings is 1. The maximum Gasteiger partial charge on any atom is 0.211 e. The van der Waals surface area contributed by atoms with Gasteiger partial charge in [0.25, 0.3) is 0 Å². The van der Waals surface area contributed by atoms with E-state index in [1.165, 1.54) is 6.26 Å². The van der Waals surface area contributed by atoms with Crippen LogP contribution in [0.5, 0.6) is 0 Å². The fraction of sp³-hybridized carbons (Fsp3) is 0.467. The number of sulfonamides is 1. The first-order valence-electron chi connectivity index (χ1n) is 7.38. The predicted molar refractivity (Wildman–Crippen MR) is 84.9 cm³/mol. The number of aromatic amines is 1. The Morgan fingerprint density at radius 1 is 1.32 bits per heavy atom. The summed E-state index contributed by atoms with van der Waals surface area (Å²) >= 11 is 0. The molecular weight excluding hydrogens is 300 g/mol. The third-order valence-corrected chi connectivity index (χ3v) is 5.28. The largest absolute Gasteiger partial charge is 0.282 e. The molecule has 7 heteroatoms. The molecule has 0 aliphatic carbocycles. The van der Waals surface area contributed by atoms with Crippen LogP contribution >= 0.6 is 0 Å². The van der Waals surface area contributed by atoms with Crippen LogP contribution in [-0.4, -0.2) is 47.2 Å². The lowest BCUT2D eigenvalue weighted by Crippen LogP contribution is -2.38. The summed E-state index contributed by atoms with van der Waals surface area (Å²) in [6.45, 7) is 3.06. The Labute approximate surface area is 130 Å². The summed E-state index contributed by atoms with van der Waals surface area (Å²) in [7, 11) is -3.14. The van der Waals surface area contributed by atoms with E-state index < -0.39 is 10.0 Å². The lowest BCUT2D eigenvalue weighted by atomic mass is 9.95. The molecule has 0 saturated carbocycles. The number of nitrogens with one attached hydrogen (secondary N) is 1. The fourth-order valence-corrected chi connectivity index (χ4v) is 3.77. The molecule has 2 aromatic rings. The fourth-order valence-electron chi connectivity index (χ4n) is 2.86. The van der Waals surface area contributed by atoms with Gasteiger partial charge in [0.2, 0.25) is 10.0 Å². The van der Waals surface area contributed by atoms with Gasteiger partial charge in [-0.1, -0.05) is 6.07 Å². The number of piperidine rings is 1. The SMILES string of the molecule is Cc1cc(-c2cccc([C@H]3CCCN(S(C)(=O)=O)C3)n2)n[nH]1. The maximum absolute atomic E-state index is 11.7. The van der Waals surface area contributed by atoms with Crippen molar-refractivity contribution < 1.29 is 8.42 Å². The second-order valence-electron chi connectivity index (χ2n) is 5.84. The van der Waals surface area contributed by atoms with Gasteiger partial charge in [0.15, 0.2) is 0 Å². The van der Waals surface area contributed by atoms with Gasteiger partial charge < -0.3 is 0 Å². The summed E-state index contributed by atoms with van der Waals surface area (Å²) in [6.07, 6.45) is 3.10. The Hall–Kier alpha value is -1.73.